The first-order chi connectivity index (χ1) is 19.6. The number of benzene rings is 2. The zero-order chi connectivity index (χ0) is 31.3. The number of rotatable bonds is 15. The standard InChI is InChI=1S/C30H45N3O3.C2H6.CH3NO/c1-8-9-10-11-12-13-14-17-36-27-20-24(19-25(21-27)30(3,4)5)18-23(2)33(32-31)28-22-26(34-6)15-16-29(28)35-7;1-2;2-1-3/h15-16,18-22,31H,8-14,17H2,1-7H3;1-2H3;1H,(H2,2,3)/b23-18+,32-31?;;. The lowest BCUT2D eigenvalue weighted by Crippen LogP contribution is -2.14. The van der Waals surface area contributed by atoms with E-state index in [0.29, 0.717) is 17.2 Å². The van der Waals surface area contributed by atoms with Gasteiger partial charge in [-0.3, -0.25) is 4.79 Å². The molecule has 2 aromatic carbocycles. The largest absolute Gasteiger partial charge is 0.497 e. The number of hydrogen-bond donors (Lipinski definition) is 2. The lowest BCUT2D eigenvalue weighted by Gasteiger charge is -2.23. The smallest absolute Gasteiger partial charge is 0.204 e. The van der Waals surface area contributed by atoms with Gasteiger partial charge in [0.15, 0.2) is 0 Å². The lowest BCUT2D eigenvalue weighted by atomic mass is 9.86. The van der Waals surface area contributed by atoms with E-state index in [1.807, 2.05) is 45.0 Å². The SMILES string of the molecule is CC.CCCCCCCCCOc1cc(/C=C(\C)N(N=N)c2cc(OC)ccc2OC)cc(C(C)(C)C)c1.NC=O. The zero-order valence-electron chi connectivity index (χ0n) is 26.9. The second-order valence-corrected chi connectivity index (χ2v) is 10.4. The second kappa shape index (κ2) is 21.2. The van der Waals surface area contributed by atoms with Crippen LogP contribution in [0.15, 0.2) is 47.3 Å². The molecule has 0 aliphatic rings. The predicted molar refractivity (Wildman–Crippen MR) is 171 cm³/mol. The van der Waals surface area contributed by atoms with E-state index in [1.165, 1.54) is 44.1 Å². The monoisotopic (exact) mass is 570 g/mol. The maximum atomic E-state index is 8.58. The summed E-state index contributed by atoms with van der Waals surface area (Å²) in [6.45, 7) is 15.5. The van der Waals surface area contributed by atoms with Crippen LogP contribution in [0, 0.1) is 5.53 Å². The molecule has 8 heteroatoms. The minimum Gasteiger partial charge on any atom is -0.497 e. The van der Waals surface area contributed by atoms with Crippen molar-refractivity contribution in [3.05, 3.63) is 53.2 Å². The molecule has 0 aliphatic heterocycles. The molecule has 2 aromatic rings. The minimum absolute atomic E-state index is 0.0232. The number of ether oxygens (including phenoxy) is 3. The molecule has 0 radical (unpaired) electrons. The number of nitrogens with two attached hydrogens (primary N) is 1. The van der Waals surface area contributed by atoms with Crippen LogP contribution in [0.4, 0.5) is 5.69 Å². The van der Waals surface area contributed by atoms with Crippen molar-refractivity contribution in [2.45, 2.75) is 98.8 Å². The highest BCUT2D eigenvalue weighted by Gasteiger charge is 2.18. The Kier molecular flexibility index (Phi) is 19.4. The van der Waals surface area contributed by atoms with E-state index in [9.17, 15) is 0 Å². The molecule has 0 spiro atoms. The van der Waals surface area contributed by atoms with Gasteiger partial charge in [0.1, 0.15) is 22.9 Å². The number of amides is 1. The summed E-state index contributed by atoms with van der Waals surface area (Å²) in [5.74, 6) is 2.16. The third-order valence-electron chi connectivity index (χ3n) is 6.24. The molecule has 8 nitrogen and oxygen atoms in total. The molecule has 0 aliphatic carbocycles. The third-order valence-corrected chi connectivity index (χ3v) is 6.24. The summed E-state index contributed by atoms with van der Waals surface area (Å²) < 4.78 is 17.1. The van der Waals surface area contributed by atoms with Crippen LogP contribution in [0.25, 0.3) is 6.08 Å². The first kappa shape index (κ1) is 37.5. The maximum absolute atomic E-state index is 8.58. The van der Waals surface area contributed by atoms with E-state index in [-0.39, 0.29) is 11.8 Å². The van der Waals surface area contributed by atoms with Crippen molar-refractivity contribution in [2.24, 2.45) is 11.0 Å². The number of nitrogens with one attached hydrogen (secondary N) is 1. The van der Waals surface area contributed by atoms with Crippen LogP contribution in [0.1, 0.15) is 105 Å². The van der Waals surface area contributed by atoms with Gasteiger partial charge in [0.05, 0.1) is 20.8 Å². The van der Waals surface area contributed by atoms with Gasteiger partial charge in [0, 0.05) is 11.8 Å². The third kappa shape index (κ3) is 14.1. The van der Waals surface area contributed by atoms with Crippen LogP contribution in [0.5, 0.6) is 17.2 Å². The van der Waals surface area contributed by atoms with E-state index >= 15 is 0 Å². The van der Waals surface area contributed by atoms with Gasteiger partial charge in [-0.1, -0.05) is 91.4 Å². The Balaban J connectivity index is 0.00000299. The van der Waals surface area contributed by atoms with Crippen molar-refractivity contribution in [3.8, 4) is 17.2 Å². The highest BCUT2D eigenvalue weighted by atomic mass is 16.5. The number of primary amides is 1. The summed E-state index contributed by atoms with van der Waals surface area (Å²) in [6, 6.07) is 11.8. The molecule has 230 valence electrons. The molecule has 0 unspecified atom stereocenters. The molecule has 0 heterocycles. The van der Waals surface area contributed by atoms with E-state index in [4.69, 9.17) is 24.5 Å². The Labute approximate surface area is 248 Å². The Morgan fingerprint density at radius 2 is 1.56 bits per heavy atom. The average Bonchev–Trinajstić information content (AvgIpc) is 2.95. The van der Waals surface area contributed by atoms with Gasteiger partial charge in [-0.15, -0.1) is 0 Å². The second-order valence-electron chi connectivity index (χ2n) is 10.4. The molecule has 1 amide bonds. The van der Waals surface area contributed by atoms with Crippen molar-refractivity contribution in [3.63, 3.8) is 0 Å². The molecular weight excluding hydrogens is 516 g/mol. The molecular formula is C33H54N4O4. The molecule has 3 N–H and O–H groups in total. The number of nitrogens with zero attached hydrogens (tertiary/aromatic N) is 2. The number of allylic oxidation sites excluding steroid dienone is 1. The summed E-state index contributed by atoms with van der Waals surface area (Å²) in [4.78, 5) is 8.58. The quantitative estimate of drug-likeness (QED) is 0.0960. The van der Waals surface area contributed by atoms with Crippen LogP contribution in [-0.4, -0.2) is 27.2 Å². The summed E-state index contributed by atoms with van der Waals surface area (Å²) in [7, 11) is 3.22. The normalized spacial score (nSPS) is 10.8. The molecule has 0 saturated carbocycles. The lowest BCUT2D eigenvalue weighted by molar-refractivity contribution is -0.106. The molecule has 0 bridgehead atoms. The van der Waals surface area contributed by atoms with Crippen molar-refractivity contribution in [2.75, 3.05) is 25.8 Å². The fourth-order valence-electron chi connectivity index (χ4n) is 4.06. The van der Waals surface area contributed by atoms with Crippen LogP contribution >= 0.6 is 0 Å². The molecule has 0 fully saturated rings. The van der Waals surface area contributed by atoms with Crippen LogP contribution in [0.3, 0.4) is 0 Å². The van der Waals surface area contributed by atoms with Crippen LogP contribution < -0.4 is 25.0 Å². The van der Waals surface area contributed by atoms with Crippen molar-refractivity contribution < 1.29 is 19.0 Å². The topological polar surface area (TPSA) is 110 Å². The molecule has 0 atom stereocenters. The van der Waals surface area contributed by atoms with Gasteiger partial charge in [0.2, 0.25) is 6.41 Å². The number of unbranched alkanes of at least 4 members (excludes halogenated alkanes) is 6. The molecule has 41 heavy (non-hydrogen) atoms. The first-order valence-corrected chi connectivity index (χ1v) is 14.7. The van der Waals surface area contributed by atoms with E-state index in [0.717, 1.165) is 30.0 Å². The minimum atomic E-state index is -0.0232. The Hall–Kier alpha value is -3.55. The van der Waals surface area contributed by atoms with Crippen molar-refractivity contribution in [1.29, 1.82) is 5.53 Å². The van der Waals surface area contributed by atoms with Gasteiger partial charge in [-0.25, -0.2) is 5.01 Å². The van der Waals surface area contributed by atoms with Crippen LogP contribution in [0.2, 0.25) is 0 Å². The van der Waals surface area contributed by atoms with Gasteiger partial charge in [0.25, 0.3) is 0 Å². The van der Waals surface area contributed by atoms with E-state index < -0.39 is 0 Å². The number of carbonyl (C=O) groups is 1. The molecule has 2 rings (SSSR count). The summed E-state index contributed by atoms with van der Waals surface area (Å²) in [6.07, 6.45) is 11.1. The van der Waals surface area contributed by atoms with Crippen molar-refractivity contribution in [1.82, 2.24) is 0 Å². The zero-order valence-corrected chi connectivity index (χ0v) is 26.9. The van der Waals surface area contributed by atoms with E-state index in [1.54, 1.807) is 19.2 Å². The van der Waals surface area contributed by atoms with Gasteiger partial charge >= 0.3 is 0 Å². The Morgan fingerprint density at radius 1 is 0.951 bits per heavy atom. The Bertz CT molecular complexity index is 1050. The summed E-state index contributed by atoms with van der Waals surface area (Å²) >= 11 is 0. The van der Waals surface area contributed by atoms with E-state index in [2.05, 4.69) is 56.9 Å². The summed E-state index contributed by atoms with van der Waals surface area (Å²) in [5.41, 5.74) is 15.6. The first-order valence-electron chi connectivity index (χ1n) is 14.7. The molecule has 0 aromatic heterocycles. The van der Waals surface area contributed by atoms with Gasteiger partial charge in [-0.2, -0.15) is 5.53 Å². The van der Waals surface area contributed by atoms with Crippen molar-refractivity contribution >= 4 is 18.2 Å². The number of carbonyl (C=O) groups excluding carboxylic acids is 1. The van der Waals surface area contributed by atoms with Crippen LogP contribution in [-0.2, 0) is 10.2 Å². The summed E-state index contributed by atoms with van der Waals surface area (Å²) in [5, 5.41) is 5.32. The average molecular weight is 571 g/mol. The van der Waals surface area contributed by atoms with Gasteiger partial charge in [-0.05, 0) is 60.2 Å². The number of methoxy groups -OCH3 is 2. The highest BCUT2D eigenvalue weighted by molar-refractivity contribution is 5.68. The molecule has 0 saturated heterocycles. The van der Waals surface area contributed by atoms with Gasteiger partial charge < -0.3 is 19.9 Å². The number of hydrogen-bond acceptors (Lipinski definition) is 6. The number of anilines is 1. The fourth-order valence-corrected chi connectivity index (χ4v) is 4.06. The highest BCUT2D eigenvalue weighted by Crippen LogP contribution is 2.35. The fraction of sp³-hybridized carbons (Fsp3) is 0.545. The Morgan fingerprint density at radius 3 is 2.10 bits per heavy atom. The predicted octanol–water partition coefficient (Wildman–Crippen LogP) is 9.07. The maximum Gasteiger partial charge on any atom is 0.204 e.